The Balaban J connectivity index is 1.83. The molecule has 0 bridgehead atoms. The molecule has 3 rings (SSSR count). The molecular formula is C15H16BrClN2. The van der Waals surface area contributed by atoms with E-state index >= 15 is 0 Å². The Morgan fingerprint density at radius 1 is 1.26 bits per heavy atom. The second-order valence-electron chi connectivity index (χ2n) is 5.08. The minimum absolute atomic E-state index is 0.314. The smallest absolute Gasteiger partial charge is 0.133 e. The van der Waals surface area contributed by atoms with Crippen LogP contribution in [0.4, 0.5) is 5.82 Å². The number of nitrogens with zero attached hydrogens (tertiary/aromatic N) is 1. The van der Waals surface area contributed by atoms with Crippen LogP contribution in [0.1, 0.15) is 19.3 Å². The van der Waals surface area contributed by atoms with Gasteiger partial charge in [0.1, 0.15) is 5.82 Å². The summed E-state index contributed by atoms with van der Waals surface area (Å²) in [5.74, 6) is 1.51. The highest BCUT2D eigenvalue weighted by molar-refractivity contribution is 9.10. The van der Waals surface area contributed by atoms with Crippen LogP contribution < -0.4 is 5.32 Å². The normalized spacial score (nSPS) is 22.8. The molecule has 19 heavy (non-hydrogen) atoms. The van der Waals surface area contributed by atoms with Crippen molar-refractivity contribution < 1.29 is 0 Å². The van der Waals surface area contributed by atoms with E-state index < -0.39 is 0 Å². The fourth-order valence-electron chi connectivity index (χ4n) is 2.76. The molecule has 2 nitrogen and oxygen atoms in total. The minimum atomic E-state index is 0.314. The Hall–Kier alpha value is -0.800. The van der Waals surface area contributed by atoms with Crippen molar-refractivity contribution in [2.75, 3.05) is 11.9 Å². The van der Waals surface area contributed by atoms with Crippen molar-refractivity contribution in [2.24, 2.45) is 5.92 Å². The van der Waals surface area contributed by atoms with Crippen molar-refractivity contribution in [2.45, 2.75) is 24.6 Å². The molecule has 1 N–H and O–H groups in total. The van der Waals surface area contributed by atoms with Crippen LogP contribution in [-0.4, -0.2) is 16.9 Å². The van der Waals surface area contributed by atoms with Crippen molar-refractivity contribution in [1.29, 1.82) is 0 Å². The standard InChI is InChI=1S/C15H16BrClN2/c16-13-5-2-4-12-11(13)7-8-18-15(12)19-9-10-3-1-6-14(10)17/h2,4-5,7-8,10,14H,1,3,6,9H2,(H,18,19). The average molecular weight is 340 g/mol. The maximum Gasteiger partial charge on any atom is 0.133 e. The number of halogens is 2. The molecule has 0 spiro atoms. The number of hydrogen-bond acceptors (Lipinski definition) is 2. The zero-order valence-corrected chi connectivity index (χ0v) is 12.9. The van der Waals surface area contributed by atoms with E-state index in [-0.39, 0.29) is 0 Å². The molecule has 1 aromatic carbocycles. The topological polar surface area (TPSA) is 24.9 Å². The minimum Gasteiger partial charge on any atom is -0.369 e. The fraction of sp³-hybridized carbons (Fsp3) is 0.400. The van der Waals surface area contributed by atoms with Gasteiger partial charge < -0.3 is 5.32 Å². The molecule has 0 amide bonds. The van der Waals surface area contributed by atoms with Gasteiger partial charge in [0.15, 0.2) is 0 Å². The Bertz CT molecular complexity index is 587. The summed E-state index contributed by atoms with van der Waals surface area (Å²) in [6, 6.07) is 8.23. The lowest BCUT2D eigenvalue weighted by atomic mass is 10.1. The van der Waals surface area contributed by atoms with Crippen molar-refractivity contribution in [3.63, 3.8) is 0 Å². The van der Waals surface area contributed by atoms with Gasteiger partial charge in [0.25, 0.3) is 0 Å². The van der Waals surface area contributed by atoms with Gasteiger partial charge in [-0.1, -0.05) is 34.5 Å². The first-order valence-corrected chi connectivity index (χ1v) is 7.90. The molecular weight excluding hydrogens is 324 g/mol. The Morgan fingerprint density at radius 3 is 2.95 bits per heavy atom. The lowest BCUT2D eigenvalue weighted by Gasteiger charge is -2.16. The molecule has 1 aliphatic carbocycles. The average Bonchev–Trinajstić information content (AvgIpc) is 2.82. The molecule has 2 aromatic rings. The lowest BCUT2D eigenvalue weighted by molar-refractivity contribution is 0.585. The number of alkyl halides is 1. The van der Waals surface area contributed by atoms with Crippen LogP contribution in [0.3, 0.4) is 0 Å². The number of nitrogens with one attached hydrogen (secondary N) is 1. The zero-order valence-electron chi connectivity index (χ0n) is 10.6. The molecule has 1 saturated carbocycles. The van der Waals surface area contributed by atoms with Gasteiger partial charge >= 0.3 is 0 Å². The third-order valence-corrected chi connectivity index (χ3v) is 5.12. The third kappa shape index (κ3) is 2.72. The number of hydrogen-bond donors (Lipinski definition) is 1. The van der Waals surface area contributed by atoms with Gasteiger partial charge in [-0.05, 0) is 30.9 Å². The molecule has 0 saturated heterocycles. The number of benzene rings is 1. The molecule has 1 heterocycles. The highest BCUT2D eigenvalue weighted by atomic mass is 79.9. The van der Waals surface area contributed by atoms with E-state index in [1.165, 1.54) is 18.2 Å². The first-order chi connectivity index (χ1) is 9.25. The largest absolute Gasteiger partial charge is 0.369 e. The molecule has 4 heteroatoms. The Morgan fingerprint density at radius 2 is 2.16 bits per heavy atom. The molecule has 1 aliphatic rings. The summed E-state index contributed by atoms with van der Waals surface area (Å²) in [4.78, 5) is 4.46. The van der Waals surface area contributed by atoms with Crippen molar-refractivity contribution >= 4 is 44.1 Å². The number of rotatable bonds is 3. The predicted molar refractivity (Wildman–Crippen MR) is 84.9 cm³/mol. The molecule has 100 valence electrons. The second kappa shape index (κ2) is 5.68. The summed E-state index contributed by atoms with van der Waals surface area (Å²) in [6.45, 7) is 0.910. The lowest BCUT2D eigenvalue weighted by Crippen LogP contribution is -2.18. The summed E-state index contributed by atoms with van der Waals surface area (Å²) < 4.78 is 1.10. The van der Waals surface area contributed by atoms with E-state index in [0.717, 1.165) is 28.6 Å². The number of aromatic nitrogens is 1. The Kier molecular flexibility index (Phi) is 3.94. The van der Waals surface area contributed by atoms with Crippen LogP contribution in [0, 0.1) is 5.92 Å². The zero-order chi connectivity index (χ0) is 13.2. The monoisotopic (exact) mass is 338 g/mol. The molecule has 1 aromatic heterocycles. The SMILES string of the molecule is ClC1CCCC1CNc1nccc2c(Br)cccc12. The van der Waals surface area contributed by atoms with Crippen LogP contribution in [-0.2, 0) is 0 Å². The number of fused-ring (bicyclic) bond motifs is 1. The van der Waals surface area contributed by atoms with Gasteiger partial charge in [-0.2, -0.15) is 0 Å². The van der Waals surface area contributed by atoms with Crippen LogP contribution in [0.2, 0.25) is 0 Å². The van der Waals surface area contributed by atoms with Gasteiger partial charge in [-0.3, -0.25) is 0 Å². The van der Waals surface area contributed by atoms with E-state index in [2.05, 4.69) is 38.4 Å². The van der Waals surface area contributed by atoms with Gasteiger partial charge in [0, 0.05) is 33.4 Å². The van der Waals surface area contributed by atoms with Gasteiger partial charge in [-0.25, -0.2) is 4.98 Å². The van der Waals surface area contributed by atoms with Gasteiger partial charge in [0.2, 0.25) is 0 Å². The summed E-state index contributed by atoms with van der Waals surface area (Å²) >= 11 is 9.90. The summed E-state index contributed by atoms with van der Waals surface area (Å²) in [7, 11) is 0. The first kappa shape index (κ1) is 13.2. The Labute approximate surface area is 126 Å². The van der Waals surface area contributed by atoms with E-state index in [0.29, 0.717) is 11.3 Å². The highest BCUT2D eigenvalue weighted by Gasteiger charge is 2.25. The quantitative estimate of drug-likeness (QED) is 0.811. The van der Waals surface area contributed by atoms with E-state index in [4.69, 9.17) is 11.6 Å². The number of pyridine rings is 1. The van der Waals surface area contributed by atoms with Crippen LogP contribution in [0.25, 0.3) is 10.8 Å². The fourth-order valence-corrected chi connectivity index (χ4v) is 3.63. The van der Waals surface area contributed by atoms with Crippen LogP contribution in [0.5, 0.6) is 0 Å². The molecule has 0 aliphatic heterocycles. The number of anilines is 1. The molecule has 0 radical (unpaired) electrons. The maximum absolute atomic E-state index is 6.32. The molecule has 2 unspecified atom stereocenters. The van der Waals surface area contributed by atoms with Gasteiger partial charge in [-0.15, -0.1) is 11.6 Å². The van der Waals surface area contributed by atoms with Gasteiger partial charge in [0.05, 0.1) is 0 Å². The van der Waals surface area contributed by atoms with Crippen LogP contribution in [0.15, 0.2) is 34.9 Å². The van der Waals surface area contributed by atoms with E-state index in [1.807, 2.05) is 18.3 Å². The second-order valence-corrected chi connectivity index (χ2v) is 6.50. The summed E-state index contributed by atoms with van der Waals surface area (Å²) in [5, 5.41) is 6.13. The molecule has 1 fully saturated rings. The summed E-state index contributed by atoms with van der Waals surface area (Å²) in [6.07, 6.45) is 5.45. The van der Waals surface area contributed by atoms with Crippen molar-refractivity contribution in [3.8, 4) is 0 Å². The summed E-state index contributed by atoms with van der Waals surface area (Å²) in [5.41, 5.74) is 0. The maximum atomic E-state index is 6.32. The van der Waals surface area contributed by atoms with Crippen molar-refractivity contribution in [3.05, 3.63) is 34.9 Å². The molecule has 2 atom stereocenters. The van der Waals surface area contributed by atoms with Crippen LogP contribution >= 0.6 is 27.5 Å². The predicted octanol–water partition coefficient (Wildman–Crippen LogP) is 4.82. The van der Waals surface area contributed by atoms with E-state index in [9.17, 15) is 0 Å². The van der Waals surface area contributed by atoms with Crippen molar-refractivity contribution in [1.82, 2.24) is 4.98 Å². The van der Waals surface area contributed by atoms with E-state index in [1.54, 1.807) is 0 Å². The third-order valence-electron chi connectivity index (χ3n) is 3.85. The first-order valence-electron chi connectivity index (χ1n) is 6.67. The highest BCUT2D eigenvalue weighted by Crippen LogP contribution is 2.31.